The van der Waals surface area contributed by atoms with Crippen LogP contribution in [0.1, 0.15) is 19.3 Å². The molecule has 0 bridgehead atoms. The SMILES string of the molecule is O=C1C2CCCCN2C(=O)CN1c1ccc(F)cc1Cl. The lowest BCUT2D eigenvalue weighted by molar-refractivity contribution is -0.144. The molecule has 2 aliphatic heterocycles. The van der Waals surface area contributed by atoms with Crippen molar-refractivity contribution in [2.75, 3.05) is 18.0 Å². The average Bonchev–Trinajstić information content (AvgIpc) is 2.43. The smallest absolute Gasteiger partial charge is 0.250 e. The first-order valence-corrected chi connectivity index (χ1v) is 7.01. The summed E-state index contributed by atoms with van der Waals surface area (Å²) in [4.78, 5) is 27.7. The number of hydrogen-bond acceptors (Lipinski definition) is 2. The normalized spacial score (nSPS) is 23.0. The molecule has 2 aliphatic rings. The van der Waals surface area contributed by atoms with Crippen LogP contribution in [0, 0.1) is 5.82 Å². The molecule has 2 heterocycles. The van der Waals surface area contributed by atoms with E-state index >= 15 is 0 Å². The minimum atomic E-state index is -0.464. The van der Waals surface area contributed by atoms with Gasteiger partial charge in [-0.1, -0.05) is 11.6 Å². The van der Waals surface area contributed by atoms with Crippen molar-refractivity contribution in [2.45, 2.75) is 25.3 Å². The molecular weight excluding hydrogens is 283 g/mol. The largest absolute Gasteiger partial charge is 0.329 e. The molecule has 106 valence electrons. The molecule has 0 spiro atoms. The van der Waals surface area contributed by atoms with E-state index in [-0.39, 0.29) is 23.4 Å². The predicted molar refractivity (Wildman–Crippen MR) is 73.1 cm³/mol. The van der Waals surface area contributed by atoms with Crippen LogP contribution in [0.3, 0.4) is 0 Å². The van der Waals surface area contributed by atoms with Gasteiger partial charge in [0.2, 0.25) is 11.8 Å². The second-order valence-electron chi connectivity index (χ2n) is 5.12. The van der Waals surface area contributed by atoms with E-state index in [0.29, 0.717) is 18.7 Å². The lowest BCUT2D eigenvalue weighted by atomic mass is 9.98. The minimum absolute atomic E-state index is 0.0271. The van der Waals surface area contributed by atoms with Crippen LogP contribution in [-0.2, 0) is 9.59 Å². The number of anilines is 1. The molecule has 3 rings (SSSR count). The van der Waals surface area contributed by atoms with Crippen LogP contribution in [0.4, 0.5) is 10.1 Å². The lowest BCUT2D eigenvalue weighted by Crippen LogP contribution is -2.61. The first-order chi connectivity index (χ1) is 9.58. The van der Waals surface area contributed by atoms with Gasteiger partial charge in [0.15, 0.2) is 0 Å². The van der Waals surface area contributed by atoms with Crippen LogP contribution < -0.4 is 4.90 Å². The highest BCUT2D eigenvalue weighted by Gasteiger charge is 2.41. The third kappa shape index (κ3) is 2.16. The van der Waals surface area contributed by atoms with Crippen molar-refractivity contribution < 1.29 is 14.0 Å². The van der Waals surface area contributed by atoms with Gasteiger partial charge in [-0.25, -0.2) is 4.39 Å². The molecule has 2 amide bonds. The third-order valence-corrected chi connectivity index (χ3v) is 4.17. The standard InChI is InChI=1S/C14H14ClFN2O2/c15-10-7-9(16)4-5-11(10)18-8-13(19)17-6-2-1-3-12(17)14(18)20/h4-5,7,12H,1-3,6,8H2. The van der Waals surface area contributed by atoms with E-state index in [1.165, 1.54) is 17.0 Å². The Hall–Kier alpha value is -1.62. The van der Waals surface area contributed by atoms with Crippen molar-refractivity contribution >= 4 is 29.1 Å². The van der Waals surface area contributed by atoms with Crippen LogP contribution in [0.5, 0.6) is 0 Å². The summed E-state index contributed by atoms with van der Waals surface area (Å²) in [5.41, 5.74) is 0.400. The van der Waals surface area contributed by atoms with Crippen molar-refractivity contribution in [1.82, 2.24) is 4.90 Å². The number of rotatable bonds is 1. The summed E-state index contributed by atoms with van der Waals surface area (Å²) in [6.07, 6.45) is 2.55. The summed E-state index contributed by atoms with van der Waals surface area (Å²) in [6, 6.07) is 3.45. The number of nitrogens with zero attached hydrogens (tertiary/aromatic N) is 2. The van der Waals surface area contributed by atoms with Crippen LogP contribution in [0.15, 0.2) is 18.2 Å². The number of carbonyl (C=O) groups excluding carboxylic acids is 2. The molecule has 4 nitrogen and oxygen atoms in total. The maximum Gasteiger partial charge on any atom is 0.250 e. The fourth-order valence-corrected chi connectivity index (χ4v) is 3.14. The number of amides is 2. The molecule has 2 saturated heterocycles. The number of fused-ring (bicyclic) bond motifs is 1. The molecule has 0 aromatic heterocycles. The molecule has 1 aromatic rings. The highest BCUT2D eigenvalue weighted by Crippen LogP contribution is 2.31. The highest BCUT2D eigenvalue weighted by molar-refractivity contribution is 6.34. The summed E-state index contributed by atoms with van der Waals surface area (Å²) in [5, 5.41) is 0.149. The fourth-order valence-electron chi connectivity index (χ4n) is 2.87. The van der Waals surface area contributed by atoms with E-state index in [4.69, 9.17) is 11.6 Å². The Morgan fingerprint density at radius 2 is 2.05 bits per heavy atom. The van der Waals surface area contributed by atoms with Gasteiger partial charge in [0.1, 0.15) is 18.4 Å². The van der Waals surface area contributed by atoms with Crippen molar-refractivity contribution in [2.24, 2.45) is 0 Å². The predicted octanol–water partition coefficient (Wildman–Crippen LogP) is 2.21. The molecule has 1 atom stereocenters. The van der Waals surface area contributed by atoms with Crippen LogP contribution >= 0.6 is 11.6 Å². The summed E-state index contributed by atoms with van der Waals surface area (Å²) in [6.45, 7) is 0.612. The van der Waals surface area contributed by atoms with E-state index in [0.717, 1.165) is 18.9 Å². The molecule has 0 saturated carbocycles. The van der Waals surface area contributed by atoms with Crippen LogP contribution in [-0.4, -0.2) is 35.8 Å². The topological polar surface area (TPSA) is 40.6 Å². The Balaban J connectivity index is 1.94. The molecule has 2 fully saturated rings. The average molecular weight is 297 g/mol. The van der Waals surface area contributed by atoms with Gasteiger partial charge >= 0.3 is 0 Å². The van der Waals surface area contributed by atoms with Crippen molar-refractivity contribution in [3.8, 4) is 0 Å². The van der Waals surface area contributed by atoms with Crippen LogP contribution in [0.2, 0.25) is 5.02 Å². The zero-order valence-electron chi connectivity index (χ0n) is 10.8. The molecule has 0 aliphatic carbocycles. The number of piperidine rings is 1. The van der Waals surface area contributed by atoms with Gasteiger partial charge < -0.3 is 4.90 Å². The van der Waals surface area contributed by atoms with Crippen LogP contribution in [0.25, 0.3) is 0 Å². The Morgan fingerprint density at radius 3 is 2.80 bits per heavy atom. The first-order valence-electron chi connectivity index (χ1n) is 6.64. The lowest BCUT2D eigenvalue weighted by Gasteiger charge is -2.42. The molecule has 20 heavy (non-hydrogen) atoms. The highest BCUT2D eigenvalue weighted by atomic mass is 35.5. The van der Waals surface area contributed by atoms with Gasteiger partial charge in [-0.15, -0.1) is 0 Å². The van der Waals surface area contributed by atoms with Crippen molar-refractivity contribution in [1.29, 1.82) is 0 Å². The maximum absolute atomic E-state index is 13.1. The third-order valence-electron chi connectivity index (χ3n) is 3.87. The second kappa shape index (κ2) is 5.05. The quantitative estimate of drug-likeness (QED) is 0.797. The Morgan fingerprint density at radius 1 is 1.25 bits per heavy atom. The minimum Gasteiger partial charge on any atom is -0.329 e. The van der Waals surface area contributed by atoms with E-state index in [1.807, 2.05) is 0 Å². The fraction of sp³-hybridized carbons (Fsp3) is 0.429. The van der Waals surface area contributed by atoms with Crippen molar-refractivity contribution in [3.05, 3.63) is 29.0 Å². The second-order valence-corrected chi connectivity index (χ2v) is 5.53. The Kier molecular flexibility index (Phi) is 3.38. The van der Waals surface area contributed by atoms with E-state index in [2.05, 4.69) is 0 Å². The summed E-state index contributed by atoms with van der Waals surface area (Å²) in [7, 11) is 0. The first kappa shape index (κ1) is 13.4. The maximum atomic E-state index is 13.1. The van der Waals surface area contributed by atoms with E-state index < -0.39 is 11.9 Å². The van der Waals surface area contributed by atoms with Gasteiger partial charge in [-0.2, -0.15) is 0 Å². The zero-order chi connectivity index (χ0) is 14.3. The molecule has 6 heteroatoms. The van der Waals surface area contributed by atoms with Gasteiger partial charge in [0.05, 0.1) is 10.7 Å². The van der Waals surface area contributed by atoms with Gasteiger partial charge in [0.25, 0.3) is 0 Å². The summed E-state index contributed by atoms with van der Waals surface area (Å²) < 4.78 is 13.1. The number of piperazine rings is 1. The Labute approximate surface area is 121 Å². The molecule has 0 radical (unpaired) electrons. The van der Waals surface area contributed by atoms with Gasteiger partial charge in [-0.05, 0) is 37.5 Å². The number of benzene rings is 1. The Bertz CT molecular complexity index is 578. The van der Waals surface area contributed by atoms with Gasteiger partial charge in [-0.3, -0.25) is 14.5 Å². The summed E-state index contributed by atoms with van der Waals surface area (Å²) >= 11 is 5.99. The molecule has 1 unspecified atom stereocenters. The zero-order valence-corrected chi connectivity index (χ0v) is 11.6. The van der Waals surface area contributed by atoms with Gasteiger partial charge in [0, 0.05) is 6.54 Å². The summed E-state index contributed by atoms with van der Waals surface area (Å²) in [5.74, 6) is -0.665. The van der Waals surface area contributed by atoms with Crippen molar-refractivity contribution in [3.63, 3.8) is 0 Å². The van der Waals surface area contributed by atoms with E-state index in [1.54, 1.807) is 4.90 Å². The molecule has 1 aromatic carbocycles. The number of halogens is 2. The number of hydrogen-bond donors (Lipinski definition) is 0. The number of carbonyl (C=O) groups is 2. The molecular formula is C14H14ClFN2O2. The monoisotopic (exact) mass is 296 g/mol. The van der Waals surface area contributed by atoms with E-state index in [9.17, 15) is 14.0 Å². The molecule has 0 N–H and O–H groups in total.